The van der Waals surface area contributed by atoms with Crippen LogP contribution in [0.25, 0.3) is 11.4 Å². The first-order valence-corrected chi connectivity index (χ1v) is 10.8. The molecule has 4 heterocycles. The normalized spacial score (nSPS) is 18.8. The third-order valence-corrected chi connectivity index (χ3v) is 6.28. The highest BCUT2D eigenvalue weighted by molar-refractivity contribution is 5.95. The maximum atomic E-state index is 13.7. The first kappa shape index (κ1) is 19.0. The summed E-state index contributed by atoms with van der Waals surface area (Å²) in [7, 11) is 0. The molecule has 0 bridgehead atoms. The molecule has 3 aromatic rings. The van der Waals surface area contributed by atoms with Crippen molar-refractivity contribution in [3.63, 3.8) is 0 Å². The van der Waals surface area contributed by atoms with Gasteiger partial charge in [0, 0.05) is 31.0 Å². The Hall–Kier alpha value is -3.02. The summed E-state index contributed by atoms with van der Waals surface area (Å²) in [5, 5.41) is 0. The molecule has 0 saturated carbocycles. The molecular formula is C24H25FN4O. The fraction of sp³-hybridized carbons (Fsp3) is 0.375. The third kappa shape index (κ3) is 3.40. The summed E-state index contributed by atoms with van der Waals surface area (Å²) >= 11 is 0. The molecule has 0 spiro atoms. The average Bonchev–Trinajstić information content (AvgIpc) is 3.33. The number of carbonyl (C=O) groups is 1. The van der Waals surface area contributed by atoms with Crippen molar-refractivity contribution < 1.29 is 9.18 Å². The molecule has 5 nitrogen and oxygen atoms in total. The molecule has 1 atom stereocenters. The van der Waals surface area contributed by atoms with Crippen LogP contribution in [0.2, 0.25) is 0 Å². The Morgan fingerprint density at radius 1 is 0.967 bits per heavy atom. The van der Waals surface area contributed by atoms with Gasteiger partial charge in [0.05, 0.1) is 11.7 Å². The van der Waals surface area contributed by atoms with Gasteiger partial charge in [-0.2, -0.15) is 0 Å². The SMILES string of the molecule is O=C(c1nc(-c2ccc(F)cc2)n2c1CCCCC2)N1CCC[C@@H]1c1ccncc1. The second kappa shape index (κ2) is 8.01. The monoisotopic (exact) mass is 404 g/mol. The molecule has 1 fully saturated rings. The van der Waals surface area contributed by atoms with Gasteiger partial charge in [0.25, 0.3) is 5.91 Å². The molecule has 1 saturated heterocycles. The summed E-state index contributed by atoms with van der Waals surface area (Å²) in [6.07, 6.45) is 9.62. The van der Waals surface area contributed by atoms with Crippen molar-refractivity contribution in [1.82, 2.24) is 19.4 Å². The van der Waals surface area contributed by atoms with Gasteiger partial charge in [0.2, 0.25) is 0 Å². The van der Waals surface area contributed by atoms with Crippen molar-refractivity contribution in [3.05, 3.63) is 71.6 Å². The predicted molar refractivity (Wildman–Crippen MR) is 112 cm³/mol. The van der Waals surface area contributed by atoms with Gasteiger partial charge in [-0.25, -0.2) is 9.37 Å². The van der Waals surface area contributed by atoms with Crippen LogP contribution in [-0.2, 0) is 13.0 Å². The van der Waals surface area contributed by atoms with Crippen LogP contribution < -0.4 is 0 Å². The van der Waals surface area contributed by atoms with E-state index in [2.05, 4.69) is 9.55 Å². The van der Waals surface area contributed by atoms with E-state index in [4.69, 9.17) is 4.98 Å². The van der Waals surface area contributed by atoms with E-state index >= 15 is 0 Å². The number of benzene rings is 1. The van der Waals surface area contributed by atoms with Gasteiger partial charge in [0.1, 0.15) is 17.3 Å². The summed E-state index contributed by atoms with van der Waals surface area (Å²) in [5.74, 6) is 0.512. The molecule has 0 aliphatic carbocycles. The van der Waals surface area contributed by atoms with E-state index < -0.39 is 0 Å². The number of halogens is 1. The second-order valence-electron chi connectivity index (χ2n) is 8.14. The van der Waals surface area contributed by atoms with Crippen LogP contribution in [0.5, 0.6) is 0 Å². The molecule has 30 heavy (non-hydrogen) atoms. The van der Waals surface area contributed by atoms with Crippen molar-refractivity contribution in [3.8, 4) is 11.4 Å². The highest BCUT2D eigenvalue weighted by Crippen LogP contribution is 2.35. The summed E-state index contributed by atoms with van der Waals surface area (Å²) < 4.78 is 15.6. The molecule has 0 radical (unpaired) electrons. The Bertz CT molecular complexity index is 1050. The largest absolute Gasteiger partial charge is 0.330 e. The Morgan fingerprint density at radius 3 is 2.57 bits per heavy atom. The molecule has 5 rings (SSSR count). The van der Waals surface area contributed by atoms with Crippen LogP contribution in [0.3, 0.4) is 0 Å². The lowest BCUT2D eigenvalue weighted by molar-refractivity contribution is 0.0729. The minimum absolute atomic E-state index is 0.00771. The number of aromatic nitrogens is 3. The number of imidazole rings is 1. The van der Waals surface area contributed by atoms with Crippen LogP contribution in [0.4, 0.5) is 4.39 Å². The Balaban J connectivity index is 1.55. The Labute approximate surface area is 175 Å². The van der Waals surface area contributed by atoms with Crippen LogP contribution in [0.1, 0.15) is 59.9 Å². The molecule has 2 aromatic heterocycles. The van der Waals surface area contributed by atoms with E-state index in [0.717, 1.165) is 74.3 Å². The van der Waals surface area contributed by atoms with Crippen molar-refractivity contribution in [2.24, 2.45) is 0 Å². The van der Waals surface area contributed by atoms with Crippen LogP contribution in [0, 0.1) is 5.82 Å². The number of rotatable bonds is 3. The number of fused-ring (bicyclic) bond motifs is 1. The van der Waals surface area contributed by atoms with Gasteiger partial charge in [-0.05, 0) is 74.1 Å². The molecular weight excluding hydrogens is 379 g/mol. The van der Waals surface area contributed by atoms with E-state index in [0.29, 0.717) is 5.69 Å². The number of hydrogen-bond acceptors (Lipinski definition) is 3. The molecule has 154 valence electrons. The molecule has 1 aromatic carbocycles. The first-order chi connectivity index (χ1) is 14.7. The molecule has 6 heteroatoms. The van der Waals surface area contributed by atoms with Crippen molar-refractivity contribution >= 4 is 5.91 Å². The maximum absolute atomic E-state index is 13.7. The summed E-state index contributed by atoms with van der Waals surface area (Å²) in [6.45, 7) is 1.58. The standard InChI is InChI=1S/C24H25FN4O/c25-19-9-7-18(8-10-19)23-27-22(21-5-2-1-3-15-28(21)23)24(30)29-16-4-6-20(29)17-11-13-26-14-12-17/h7-14,20H,1-6,15-16H2/t20-/m1/s1. The topological polar surface area (TPSA) is 51.0 Å². The van der Waals surface area contributed by atoms with Gasteiger partial charge in [-0.3, -0.25) is 9.78 Å². The van der Waals surface area contributed by atoms with E-state index in [1.54, 1.807) is 24.5 Å². The van der Waals surface area contributed by atoms with Gasteiger partial charge in [0.15, 0.2) is 0 Å². The zero-order valence-corrected chi connectivity index (χ0v) is 16.9. The quantitative estimate of drug-likeness (QED) is 0.631. The molecule has 0 N–H and O–H groups in total. The van der Waals surface area contributed by atoms with E-state index in [-0.39, 0.29) is 17.8 Å². The number of hydrogen-bond donors (Lipinski definition) is 0. The number of carbonyl (C=O) groups excluding carboxylic acids is 1. The van der Waals surface area contributed by atoms with E-state index in [1.807, 2.05) is 17.0 Å². The van der Waals surface area contributed by atoms with Crippen molar-refractivity contribution in [2.75, 3.05) is 6.54 Å². The minimum Gasteiger partial charge on any atom is -0.330 e. The lowest BCUT2D eigenvalue weighted by Crippen LogP contribution is -2.31. The third-order valence-electron chi connectivity index (χ3n) is 6.28. The highest BCUT2D eigenvalue weighted by atomic mass is 19.1. The zero-order chi connectivity index (χ0) is 20.5. The average molecular weight is 404 g/mol. The number of likely N-dealkylation sites (tertiary alicyclic amines) is 1. The van der Waals surface area contributed by atoms with Crippen LogP contribution >= 0.6 is 0 Å². The summed E-state index contributed by atoms with van der Waals surface area (Å²) in [4.78, 5) is 24.6. The molecule has 0 unspecified atom stereocenters. The van der Waals surface area contributed by atoms with Gasteiger partial charge >= 0.3 is 0 Å². The first-order valence-electron chi connectivity index (χ1n) is 10.8. The van der Waals surface area contributed by atoms with Gasteiger partial charge in [-0.15, -0.1) is 0 Å². The Kier molecular flexibility index (Phi) is 5.07. The number of pyridine rings is 1. The highest BCUT2D eigenvalue weighted by Gasteiger charge is 2.34. The van der Waals surface area contributed by atoms with Gasteiger partial charge in [-0.1, -0.05) is 6.42 Å². The fourth-order valence-corrected chi connectivity index (χ4v) is 4.79. The smallest absolute Gasteiger partial charge is 0.274 e. The molecule has 2 aliphatic rings. The van der Waals surface area contributed by atoms with Crippen LogP contribution in [0.15, 0.2) is 48.8 Å². The van der Waals surface area contributed by atoms with Crippen molar-refractivity contribution in [2.45, 2.75) is 51.1 Å². The Morgan fingerprint density at radius 2 is 1.77 bits per heavy atom. The lowest BCUT2D eigenvalue weighted by atomic mass is 10.1. The van der Waals surface area contributed by atoms with E-state index in [9.17, 15) is 9.18 Å². The van der Waals surface area contributed by atoms with E-state index in [1.165, 1.54) is 12.1 Å². The second-order valence-corrected chi connectivity index (χ2v) is 8.14. The number of amides is 1. The van der Waals surface area contributed by atoms with Gasteiger partial charge < -0.3 is 9.47 Å². The zero-order valence-electron chi connectivity index (χ0n) is 16.9. The minimum atomic E-state index is -0.269. The molecule has 2 aliphatic heterocycles. The maximum Gasteiger partial charge on any atom is 0.274 e. The summed E-state index contributed by atoms with van der Waals surface area (Å²) in [5.41, 5.74) is 3.57. The molecule has 1 amide bonds. The summed E-state index contributed by atoms with van der Waals surface area (Å²) in [6, 6.07) is 10.5. The van der Waals surface area contributed by atoms with Crippen molar-refractivity contribution in [1.29, 1.82) is 0 Å². The van der Waals surface area contributed by atoms with Crippen LogP contribution in [-0.4, -0.2) is 31.9 Å². The number of nitrogens with zero attached hydrogens (tertiary/aromatic N) is 4. The fourth-order valence-electron chi connectivity index (χ4n) is 4.79. The lowest BCUT2D eigenvalue weighted by Gasteiger charge is -2.24. The predicted octanol–water partition coefficient (Wildman–Crippen LogP) is 4.79.